The molecule has 364 valence electrons. The van der Waals surface area contributed by atoms with E-state index < -0.39 is 166 Å². The predicted octanol–water partition coefficient (Wildman–Crippen LogP) is -3.78. The fraction of sp³-hybridized carbons (Fsp3) is 0.341. The first kappa shape index (κ1) is 50.8. The molecule has 0 bridgehead atoms. The third-order valence-corrected chi connectivity index (χ3v) is 11.9. The number of aliphatic hydroxyl groups excluding tert-OH is 12. The number of ether oxygens (including phenoxy) is 2. The van der Waals surface area contributed by atoms with Gasteiger partial charge in [-0.05, 0) is 47.5 Å². The summed E-state index contributed by atoms with van der Waals surface area (Å²) in [5.74, 6) is -22.2. The van der Waals surface area contributed by atoms with Crippen LogP contribution in [-0.2, 0) is 33.4 Å². The molecule has 4 aliphatic rings. The number of ketones is 4. The smallest absolute Gasteiger partial charge is 0.316 e. The Bertz CT molecular complexity index is 2400. The SMILES string of the molecule is O=C(O)C(C1=C(O)/C(=C(O)/C=C/c2ccc(O)cc2)C(=O)C(O)([C@@H]2O[C@H](CO)[C@@H](O)[C@H](O)[C@H]2O)C1=O)C1=C(O)/C(=C(O)/C=C/c2ccc(O)cc2)C(=O)C(O)([C@@H]2O[C@H](CO)[C@@H](O)[C@H](O)[C@H]2O)C1=O. The van der Waals surface area contributed by atoms with E-state index in [0.717, 1.165) is 12.2 Å². The summed E-state index contributed by atoms with van der Waals surface area (Å²) in [5.41, 5.74) is -15.2. The Hall–Kier alpha value is -6.65. The van der Waals surface area contributed by atoms with Gasteiger partial charge in [0.1, 0.15) is 113 Å². The summed E-state index contributed by atoms with van der Waals surface area (Å²) in [7, 11) is 0. The first-order valence-electron chi connectivity index (χ1n) is 20.0. The monoisotopic (exact) mass is 956 g/mol. The molecule has 0 aromatic heterocycles. The highest BCUT2D eigenvalue weighted by atomic mass is 16.6. The van der Waals surface area contributed by atoms with Gasteiger partial charge in [0.2, 0.25) is 34.3 Å². The van der Waals surface area contributed by atoms with Gasteiger partial charge in [0.05, 0.1) is 24.4 Å². The minimum Gasteiger partial charge on any atom is -0.508 e. The van der Waals surface area contributed by atoms with Crippen molar-refractivity contribution >= 4 is 41.3 Å². The third kappa shape index (κ3) is 8.37. The molecule has 2 saturated heterocycles. The molecule has 2 fully saturated rings. The van der Waals surface area contributed by atoms with Crippen molar-refractivity contribution < 1.29 is 120 Å². The van der Waals surface area contributed by atoms with E-state index in [2.05, 4.69) is 0 Å². The highest BCUT2D eigenvalue weighted by molar-refractivity contribution is 6.32. The lowest BCUT2D eigenvalue weighted by molar-refractivity contribution is -0.260. The van der Waals surface area contributed by atoms with Crippen molar-refractivity contribution in [1.29, 1.82) is 0 Å². The third-order valence-electron chi connectivity index (χ3n) is 11.9. The molecular weight excluding hydrogens is 912 g/mol. The summed E-state index contributed by atoms with van der Waals surface area (Å²) in [5, 5.41) is 186. The van der Waals surface area contributed by atoms with Gasteiger partial charge < -0.3 is 96.3 Å². The molecule has 24 nitrogen and oxygen atoms in total. The molecular formula is C44H44O24. The maximum absolute atomic E-state index is 14.8. The zero-order valence-corrected chi connectivity index (χ0v) is 34.7. The number of phenols is 2. The van der Waals surface area contributed by atoms with Gasteiger partial charge in [-0.2, -0.15) is 0 Å². The Kier molecular flexibility index (Phi) is 14.3. The second kappa shape index (κ2) is 19.2. The van der Waals surface area contributed by atoms with E-state index in [1.807, 2.05) is 0 Å². The number of aromatic hydroxyl groups is 2. The topological polar surface area (TPSA) is 448 Å². The molecule has 12 atom stereocenters. The molecule has 68 heavy (non-hydrogen) atoms. The van der Waals surface area contributed by atoms with E-state index in [1.165, 1.54) is 48.5 Å². The van der Waals surface area contributed by atoms with E-state index in [-0.39, 0.29) is 22.6 Å². The molecule has 6 rings (SSSR count). The van der Waals surface area contributed by atoms with Crippen molar-refractivity contribution in [3.05, 3.63) is 117 Å². The van der Waals surface area contributed by atoms with Crippen LogP contribution in [-0.4, -0.2) is 201 Å². The molecule has 17 N–H and O–H groups in total. The van der Waals surface area contributed by atoms with Crippen LogP contribution in [0.25, 0.3) is 12.2 Å². The van der Waals surface area contributed by atoms with E-state index in [1.54, 1.807) is 0 Å². The zero-order valence-electron chi connectivity index (χ0n) is 34.7. The molecule has 0 saturated carbocycles. The van der Waals surface area contributed by atoms with Crippen molar-refractivity contribution in [2.75, 3.05) is 13.2 Å². The Labute approximate surface area is 381 Å². The fourth-order valence-corrected chi connectivity index (χ4v) is 8.20. The van der Waals surface area contributed by atoms with Crippen molar-refractivity contribution in [3.63, 3.8) is 0 Å². The molecule has 2 aromatic carbocycles. The molecule has 2 aromatic rings. The number of carbonyl (C=O) groups is 5. The van der Waals surface area contributed by atoms with Crippen LogP contribution in [0.5, 0.6) is 11.5 Å². The molecule has 0 radical (unpaired) electrons. The number of hydrogen-bond donors (Lipinski definition) is 17. The minimum atomic E-state index is -4.19. The average molecular weight is 957 g/mol. The minimum absolute atomic E-state index is 0.143. The number of phenolic OH excluding ortho intramolecular Hbond substituents is 2. The quantitative estimate of drug-likeness (QED) is 0.0584. The number of aliphatic hydroxyl groups is 14. The lowest BCUT2D eigenvalue weighted by atomic mass is 9.64. The van der Waals surface area contributed by atoms with Gasteiger partial charge in [0.15, 0.2) is 0 Å². The number of carboxylic acid groups (broad SMARTS) is 1. The number of aliphatic carboxylic acids is 1. The number of allylic oxidation sites excluding steroid dienone is 4. The number of carbonyl (C=O) groups excluding carboxylic acids is 4. The van der Waals surface area contributed by atoms with Gasteiger partial charge in [-0.25, -0.2) is 0 Å². The molecule has 2 aliphatic heterocycles. The lowest BCUT2D eigenvalue weighted by Gasteiger charge is -2.48. The summed E-state index contributed by atoms with van der Waals surface area (Å²) in [6.07, 6.45) is -21.5. The second-order valence-corrected chi connectivity index (χ2v) is 16.0. The number of benzene rings is 2. The Morgan fingerprint density at radius 3 is 1.15 bits per heavy atom. The summed E-state index contributed by atoms with van der Waals surface area (Å²) in [6.45, 7) is -2.51. The van der Waals surface area contributed by atoms with Crippen LogP contribution in [0.4, 0.5) is 0 Å². The Morgan fingerprint density at radius 1 is 0.529 bits per heavy atom. The van der Waals surface area contributed by atoms with Crippen molar-refractivity contribution in [3.8, 4) is 11.5 Å². The molecule has 24 heteroatoms. The van der Waals surface area contributed by atoms with Crippen molar-refractivity contribution in [2.45, 2.75) is 72.2 Å². The number of rotatable bonds is 11. The summed E-state index contributed by atoms with van der Waals surface area (Å²) in [6, 6.07) is 9.68. The zero-order chi connectivity index (χ0) is 50.5. The average Bonchev–Trinajstić information content (AvgIpc) is 3.30. The van der Waals surface area contributed by atoms with Crippen molar-refractivity contribution in [2.24, 2.45) is 5.92 Å². The van der Waals surface area contributed by atoms with Gasteiger partial charge in [-0.1, -0.05) is 36.4 Å². The van der Waals surface area contributed by atoms with Gasteiger partial charge in [0.25, 0.3) is 0 Å². The van der Waals surface area contributed by atoms with E-state index in [9.17, 15) is 111 Å². The van der Waals surface area contributed by atoms with Crippen LogP contribution in [0.1, 0.15) is 11.1 Å². The van der Waals surface area contributed by atoms with Gasteiger partial charge >= 0.3 is 5.97 Å². The van der Waals surface area contributed by atoms with Crippen LogP contribution in [0.2, 0.25) is 0 Å². The maximum atomic E-state index is 14.8. The van der Waals surface area contributed by atoms with Gasteiger partial charge in [-0.15, -0.1) is 0 Å². The molecule has 0 amide bonds. The normalized spacial score (nSPS) is 34.8. The highest BCUT2D eigenvalue weighted by Gasteiger charge is 2.68. The number of Topliss-reactive ketones (excluding diaryl/α,β-unsaturated/α-hetero) is 4. The van der Waals surface area contributed by atoms with Gasteiger partial charge in [0, 0.05) is 0 Å². The summed E-state index contributed by atoms with van der Waals surface area (Å²) in [4.78, 5) is 72.1. The van der Waals surface area contributed by atoms with Gasteiger partial charge in [-0.3, -0.25) is 24.0 Å². The first-order chi connectivity index (χ1) is 31.9. The molecule has 2 heterocycles. The van der Waals surface area contributed by atoms with Crippen LogP contribution < -0.4 is 0 Å². The summed E-state index contributed by atoms with van der Waals surface area (Å²) >= 11 is 0. The molecule has 2 aliphatic carbocycles. The molecule has 2 unspecified atom stereocenters. The van der Waals surface area contributed by atoms with Crippen LogP contribution in [0.15, 0.2) is 106 Å². The Balaban J connectivity index is 1.68. The highest BCUT2D eigenvalue weighted by Crippen LogP contribution is 2.47. The molecule has 0 spiro atoms. The van der Waals surface area contributed by atoms with E-state index >= 15 is 0 Å². The Morgan fingerprint density at radius 2 is 0.853 bits per heavy atom. The second-order valence-electron chi connectivity index (χ2n) is 16.0. The first-order valence-corrected chi connectivity index (χ1v) is 20.0. The van der Waals surface area contributed by atoms with Crippen LogP contribution >= 0.6 is 0 Å². The standard InChI is InChI=1S/C44H44O24/c45-13-21-28(51)32(55)34(57)40(67-21)43(65)36(59)23(19(49)11-5-15-1-7-17(47)8-2-15)30(53)26(38(43)61)25(42(63)64)27-31(54)24(20(50)12-6-16-3-9-18(48)10-4-16)37(60)44(66,39(27)62)41-35(58)33(56)29(52)22(14-46)68-41/h1-12,21-22,25,28-29,32-35,40-41,45-58,65-66H,13-14H2,(H,63,64)/b11-5+,12-6+,23-19+,24-20+/t21-,22-,25?,28-,29-,32+,33+,34-,35-,40-,41-,43?,44?/m1/s1. The lowest BCUT2D eigenvalue weighted by Crippen LogP contribution is -2.72. The largest absolute Gasteiger partial charge is 0.508 e. The summed E-state index contributed by atoms with van der Waals surface area (Å²) < 4.78 is 10.6. The van der Waals surface area contributed by atoms with E-state index in [4.69, 9.17) is 9.47 Å². The maximum Gasteiger partial charge on any atom is 0.316 e. The number of carboxylic acids is 1. The number of hydrogen-bond acceptors (Lipinski definition) is 23. The fourth-order valence-electron chi connectivity index (χ4n) is 8.20. The van der Waals surface area contributed by atoms with Crippen molar-refractivity contribution in [1.82, 2.24) is 0 Å². The van der Waals surface area contributed by atoms with Crippen LogP contribution in [0, 0.1) is 5.92 Å². The van der Waals surface area contributed by atoms with E-state index in [0.29, 0.717) is 12.2 Å². The predicted molar refractivity (Wildman–Crippen MR) is 221 cm³/mol. The van der Waals surface area contributed by atoms with Crippen LogP contribution in [0.3, 0.4) is 0 Å².